The van der Waals surface area contributed by atoms with E-state index in [1.165, 1.54) is 6.20 Å². The van der Waals surface area contributed by atoms with E-state index in [0.29, 0.717) is 17.4 Å². The Bertz CT molecular complexity index is 1140. The Morgan fingerprint density at radius 3 is 2.47 bits per heavy atom. The third kappa shape index (κ3) is 4.97. The van der Waals surface area contributed by atoms with Crippen molar-refractivity contribution in [1.82, 2.24) is 9.88 Å². The molecule has 1 heterocycles. The summed E-state index contributed by atoms with van der Waals surface area (Å²) in [4.78, 5) is 37.5. The highest BCUT2D eigenvalue weighted by Gasteiger charge is 2.24. The zero-order chi connectivity index (χ0) is 21.8. The maximum absolute atomic E-state index is 13.1. The number of carboxylic acids is 1. The van der Waals surface area contributed by atoms with Gasteiger partial charge in [0.25, 0.3) is 5.91 Å². The molecule has 6 nitrogen and oxygen atoms in total. The topological polar surface area (TPSA) is 88.4 Å². The van der Waals surface area contributed by atoms with E-state index in [4.69, 9.17) is 0 Å². The van der Waals surface area contributed by atoms with E-state index in [9.17, 15) is 19.5 Å². The Balaban J connectivity index is 2.07. The number of pyridine rings is 1. The zero-order valence-corrected chi connectivity index (χ0v) is 18.3. The van der Waals surface area contributed by atoms with Gasteiger partial charge in [0.15, 0.2) is 0 Å². The van der Waals surface area contributed by atoms with Crippen molar-refractivity contribution in [2.75, 3.05) is 0 Å². The van der Waals surface area contributed by atoms with Gasteiger partial charge in [-0.1, -0.05) is 60.1 Å². The Morgan fingerprint density at radius 2 is 1.83 bits per heavy atom. The van der Waals surface area contributed by atoms with Crippen molar-refractivity contribution >= 4 is 38.7 Å². The molecule has 3 rings (SSSR count). The van der Waals surface area contributed by atoms with E-state index in [2.05, 4.69) is 21.2 Å². The van der Waals surface area contributed by atoms with Crippen molar-refractivity contribution < 1.29 is 14.7 Å². The van der Waals surface area contributed by atoms with Crippen LogP contribution in [0.25, 0.3) is 10.9 Å². The van der Waals surface area contributed by atoms with Gasteiger partial charge in [-0.15, -0.1) is 0 Å². The molecule has 1 aromatic heterocycles. The molecule has 1 amide bonds. The van der Waals surface area contributed by atoms with Crippen LogP contribution in [0.2, 0.25) is 0 Å². The van der Waals surface area contributed by atoms with Crippen molar-refractivity contribution in [3.63, 3.8) is 0 Å². The molecule has 2 N–H and O–H groups in total. The van der Waals surface area contributed by atoms with Gasteiger partial charge in [-0.3, -0.25) is 9.59 Å². The molecule has 3 aromatic rings. The monoisotopic (exact) mass is 470 g/mol. The third-order valence-corrected chi connectivity index (χ3v) is 5.29. The van der Waals surface area contributed by atoms with Gasteiger partial charge in [0.2, 0.25) is 5.43 Å². The van der Waals surface area contributed by atoms with Gasteiger partial charge in [0.1, 0.15) is 11.6 Å². The average Bonchev–Trinajstić information content (AvgIpc) is 2.70. The number of aliphatic carboxylic acids is 1. The molecule has 30 heavy (non-hydrogen) atoms. The van der Waals surface area contributed by atoms with Crippen molar-refractivity contribution in [2.45, 2.75) is 32.9 Å². The highest BCUT2D eigenvalue weighted by molar-refractivity contribution is 9.10. The van der Waals surface area contributed by atoms with E-state index in [1.807, 2.05) is 60.9 Å². The minimum atomic E-state index is -1.12. The second-order valence-electron chi connectivity index (χ2n) is 7.64. The lowest BCUT2D eigenvalue weighted by Crippen LogP contribution is -2.43. The summed E-state index contributed by atoms with van der Waals surface area (Å²) in [5.74, 6) is -1.73. The first-order chi connectivity index (χ1) is 14.3. The van der Waals surface area contributed by atoms with Crippen LogP contribution >= 0.6 is 15.9 Å². The molecule has 0 unspecified atom stereocenters. The second kappa shape index (κ2) is 9.26. The fourth-order valence-electron chi connectivity index (χ4n) is 3.37. The van der Waals surface area contributed by atoms with Crippen LogP contribution in [0.5, 0.6) is 0 Å². The van der Waals surface area contributed by atoms with Gasteiger partial charge in [-0.25, -0.2) is 4.79 Å². The Morgan fingerprint density at radius 1 is 1.13 bits per heavy atom. The normalized spacial score (nSPS) is 12.1. The summed E-state index contributed by atoms with van der Waals surface area (Å²) in [5, 5.41) is 12.3. The SMILES string of the molecule is CC(C)C[C@H](NC(=O)c1cn(Cc2ccccc2)c2ccc(Br)cc2c1=O)C(=O)O. The maximum atomic E-state index is 13.1. The van der Waals surface area contributed by atoms with Crippen LogP contribution in [0.15, 0.2) is 64.0 Å². The molecule has 0 fully saturated rings. The summed E-state index contributed by atoms with van der Waals surface area (Å²) in [6.45, 7) is 4.22. The summed E-state index contributed by atoms with van der Waals surface area (Å²) in [5.41, 5.74) is 1.20. The summed E-state index contributed by atoms with van der Waals surface area (Å²) in [6, 6.07) is 14.0. The molecule has 0 aliphatic rings. The number of nitrogens with one attached hydrogen (secondary N) is 1. The molecule has 2 aromatic carbocycles. The molecule has 1 atom stereocenters. The molecule has 0 saturated carbocycles. The predicted molar refractivity (Wildman–Crippen MR) is 120 cm³/mol. The number of rotatable bonds is 7. The van der Waals surface area contributed by atoms with Crippen molar-refractivity contribution in [1.29, 1.82) is 0 Å². The fourth-order valence-corrected chi connectivity index (χ4v) is 3.73. The van der Waals surface area contributed by atoms with E-state index < -0.39 is 23.3 Å². The summed E-state index contributed by atoms with van der Waals surface area (Å²) in [7, 11) is 0. The predicted octanol–water partition coefficient (Wildman–Crippen LogP) is 4.04. The molecule has 0 spiro atoms. The standard InChI is InChI=1S/C23H23BrN2O4/c1-14(2)10-19(23(29)30)25-22(28)18-13-26(12-15-6-4-3-5-7-15)20-9-8-16(24)11-17(20)21(18)27/h3-9,11,13-14,19H,10,12H2,1-2H3,(H,25,28)(H,29,30)/t19-/m0/s1. The number of hydrogen-bond donors (Lipinski definition) is 2. The maximum Gasteiger partial charge on any atom is 0.326 e. The number of aromatic nitrogens is 1. The number of carbonyl (C=O) groups is 2. The number of fused-ring (bicyclic) bond motifs is 1. The van der Waals surface area contributed by atoms with Crippen molar-refractivity contribution in [2.24, 2.45) is 5.92 Å². The number of halogens is 1. The number of carbonyl (C=O) groups excluding carboxylic acids is 1. The summed E-state index contributed by atoms with van der Waals surface area (Å²) in [6.07, 6.45) is 1.79. The molecule has 156 valence electrons. The molecule has 0 aliphatic carbocycles. The molecule has 7 heteroatoms. The number of carboxylic acid groups (broad SMARTS) is 1. The Labute approximate surface area is 182 Å². The first-order valence-electron chi connectivity index (χ1n) is 9.66. The number of nitrogens with zero attached hydrogens (tertiary/aromatic N) is 1. The highest BCUT2D eigenvalue weighted by Crippen LogP contribution is 2.19. The van der Waals surface area contributed by atoms with E-state index >= 15 is 0 Å². The molecule has 0 bridgehead atoms. The largest absolute Gasteiger partial charge is 0.480 e. The Hall–Kier alpha value is -2.93. The smallest absolute Gasteiger partial charge is 0.326 e. The highest BCUT2D eigenvalue weighted by atomic mass is 79.9. The van der Waals surface area contributed by atoms with E-state index in [1.54, 1.807) is 6.07 Å². The quantitative estimate of drug-likeness (QED) is 0.545. The molecular weight excluding hydrogens is 448 g/mol. The lowest BCUT2D eigenvalue weighted by Gasteiger charge is -2.18. The zero-order valence-electron chi connectivity index (χ0n) is 16.8. The lowest BCUT2D eigenvalue weighted by molar-refractivity contribution is -0.139. The van der Waals surface area contributed by atoms with Gasteiger partial charge in [0.05, 0.1) is 5.52 Å². The fraction of sp³-hybridized carbons (Fsp3) is 0.261. The summed E-state index contributed by atoms with van der Waals surface area (Å²) >= 11 is 3.38. The number of benzene rings is 2. The van der Waals surface area contributed by atoms with Crippen LogP contribution in [-0.2, 0) is 11.3 Å². The number of hydrogen-bond acceptors (Lipinski definition) is 3. The van der Waals surface area contributed by atoms with Crippen LogP contribution in [0.4, 0.5) is 0 Å². The molecular formula is C23H23BrN2O4. The van der Waals surface area contributed by atoms with Crippen molar-refractivity contribution in [3.8, 4) is 0 Å². The first-order valence-corrected chi connectivity index (χ1v) is 10.5. The van der Waals surface area contributed by atoms with Crippen LogP contribution in [0.1, 0.15) is 36.2 Å². The van der Waals surface area contributed by atoms with Crippen LogP contribution in [0, 0.1) is 5.92 Å². The van der Waals surface area contributed by atoms with Gasteiger partial charge in [0, 0.05) is 22.6 Å². The first kappa shape index (κ1) is 21.8. The van der Waals surface area contributed by atoms with Gasteiger partial charge < -0.3 is 15.0 Å². The third-order valence-electron chi connectivity index (χ3n) is 4.79. The van der Waals surface area contributed by atoms with Gasteiger partial charge in [-0.2, -0.15) is 0 Å². The second-order valence-corrected chi connectivity index (χ2v) is 8.56. The lowest BCUT2D eigenvalue weighted by atomic mass is 10.0. The molecule has 0 saturated heterocycles. The number of amides is 1. The minimum absolute atomic E-state index is 0.0773. The van der Waals surface area contributed by atoms with Gasteiger partial charge >= 0.3 is 5.97 Å². The molecule has 0 aliphatic heterocycles. The molecule has 0 radical (unpaired) electrons. The van der Waals surface area contributed by atoms with Crippen LogP contribution in [0.3, 0.4) is 0 Å². The minimum Gasteiger partial charge on any atom is -0.480 e. The van der Waals surface area contributed by atoms with Crippen molar-refractivity contribution in [3.05, 3.63) is 80.6 Å². The van der Waals surface area contributed by atoms with E-state index in [0.717, 1.165) is 10.0 Å². The summed E-state index contributed by atoms with van der Waals surface area (Å²) < 4.78 is 2.56. The Kier molecular flexibility index (Phi) is 6.72. The van der Waals surface area contributed by atoms with Crippen LogP contribution in [-0.4, -0.2) is 27.6 Å². The van der Waals surface area contributed by atoms with Gasteiger partial charge in [-0.05, 0) is 36.1 Å². The van der Waals surface area contributed by atoms with E-state index in [-0.39, 0.29) is 17.9 Å². The van der Waals surface area contributed by atoms with Crippen LogP contribution < -0.4 is 10.7 Å². The average molecular weight is 471 g/mol.